The van der Waals surface area contributed by atoms with Crippen molar-refractivity contribution in [1.29, 1.82) is 0 Å². The molecule has 3 rings (SSSR count). The molecule has 2 N–H and O–H groups in total. The first-order valence-electron chi connectivity index (χ1n) is 9.57. The Morgan fingerprint density at radius 3 is 2.71 bits per heavy atom. The summed E-state index contributed by atoms with van der Waals surface area (Å²) in [5.74, 6) is -0.736. The van der Waals surface area contributed by atoms with E-state index in [-0.39, 0.29) is 28.9 Å². The second kappa shape index (κ2) is 9.43. The highest BCUT2D eigenvalue weighted by Gasteiger charge is 2.38. The molecule has 12 heteroatoms. The van der Waals surface area contributed by atoms with Gasteiger partial charge in [-0.15, -0.1) is 11.3 Å². The van der Waals surface area contributed by atoms with Gasteiger partial charge in [0.25, 0.3) is 12.3 Å². The van der Waals surface area contributed by atoms with Gasteiger partial charge in [-0.2, -0.15) is 13.2 Å². The number of aromatic nitrogens is 2. The Labute approximate surface area is 179 Å². The molecule has 0 saturated carbocycles. The molecule has 1 aliphatic heterocycles. The number of alkyl halides is 5. The van der Waals surface area contributed by atoms with Crippen LogP contribution in [0.5, 0.6) is 0 Å². The van der Waals surface area contributed by atoms with Gasteiger partial charge in [0.1, 0.15) is 11.9 Å². The van der Waals surface area contributed by atoms with E-state index in [9.17, 15) is 26.7 Å². The van der Waals surface area contributed by atoms with Crippen molar-refractivity contribution in [2.45, 2.75) is 51.4 Å². The quantitative estimate of drug-likeness (QED) is 0.580. The maximum atomic E-state index is 13.7. The van der Waals surface area contributed by atoms with Crippen LogP contribution in [0.25, 0.3) is 10.4 Å². The van der Waals surface area contributed by atoms with Crippen LogP contribution in [-0.4, -0.2) is 47.3 Å². The number of thiazole rings is 1. The lowest BCUT2D eigenvalue weighted by Crippen LogP contribution is -2.35. The first-order chi connectivity index (χ1) is 14.6. The number of aryl methyl sites for hydroxylation is 1. The molecule has 2 aromatic rings. The van der Waals surface area contributed by atoms with Crippen molar-refractivity contribution < 1.29 is 31.5 Å². The lowest BCUT2D eigenvalue weighted by atomic mass is 10.1. The van der Waals surface area contributed by atoms with Crippen molar-refractivity contribution >= 4 is 23.1 Å². The zero-order valence-corrected chi connectivity index (χ0v) is 17.5. The molecule has 1 fully saturated rings. The minimum absolute atomic E-state index is 0.0267. The number of anilines is 1. The Morgan fingerprint density at radius 2 is 2.13 bits per heavy atom. The molecule has 0 radical (unpaired) electrons. The number of rotatable bonds is 7. The number of ether oxygens (including phenoxy) is 1. The fraction of sp³-hybridized carbons (Fsp3) is 0.526. The monoisotopic (exact) mass is 464 g/mol. The molecule has 2 atom stereocenters. The van der Waals surface area contributed by atoms with Gasteiger partial charge >= 0.3 is 6.18 Å². The van der Waals surface area contributed by atoms with Gasteiger partial charge in [-0.05, 0) is 25.8 Å². The van der Waals surface area contributed by atoms with Gasteiger partial charge in [-0.1, -0.05) is 6.92 Å². The van der Waals surface area contributed by atoms with E-state index in [2.05, 4.69) is 20.6 Å². The number of hydrogen-bond acceptors (Lipinski definition) is 6. The van der Waals surface area contributed by atoms with Crippen LogP contribution in [0.1, 0.15) is 47.3 Å². The molecule has 1 saturated heterocycles. The molecular formula is C19H21F5N4O2S. The molecule has 2 aromatic heterocycles. The number of carbonyl (C=O) groups excluding carboxylic acids is 1. The summed E-state index contributed by atoms with van der Waals surface area (Å²) in [4.78, 5) is 20.8. The third kappa shape index (κ3) is 5.48. The molecule has 1 amide bonds. The Bertz CT molecular complexity index is 929. The van der Waals surface area contributed by atoms with Gasteiger partial charge < -0.3 is 15.4 Å². The number of halogens is 5. The van der Waals surface area contributed by atoms with Crippen LogP contribution in [0, 0.1) is 6.92 Å². The molecule has 1 aliphatic rings. The molecule has 170 valence electrons. The van der Waals surface area contributed by atoms with Crippen molar-refractivity contribution in [2.24, 2.45) is 0 Å². The van der Waals surface area contributed by atoms with Crippen molar-refractivity contribution in [3.63, 3.8) is 0 Å². The molecule has 3 heterocycles. The average Bonchev–Trinajstić information content (AvgIpc) is 3.34. The zero-order chi connectivity index (χ0) is 22.8. The maximum Gasteiger partial charge on any atom is 0.408 e. The fourth-order valence-electron chi connectivity index (χ4n) is 3.15. The van der Waals surface area contributed by atoms with Crippen LogP contribution in [-0.2, 0) is 4.74 Å². The number of nitrogens with zero attached hydrogens (tertiary/aromatic N) is 2. The van der Waals surface area contributed by atoms with Crippen molar-refractivity contribution in [3.05, 3.63) is 28.5 Å². The van der Waals surface area contributed by atoms with Crippen LogP contribution >= 0.6 is 11.3 Å². The van der Waals surface area contributed by atoms with E-state index in [0.29, 0.717) is 30.2 Å². The van der Waals surface area contributed by atoms with Crippen LogP contribution in [0.4, 0.5) is 27.8 Å². The second-order valence-corrected chi connectivity index (χ2v) is 8.07. The van der Waals surface area contributed by atoms with Crippen LogP contribution < -0.4 is 10.6 Å². The van der Waals surface area contributed by atoms with Crippen LogP contribution in [0.3, 0.4) is 0 Å². The third-order valence-corrected chi connectivity index (χ3v) is 5.99. The molecule has 31 heavy (non-hydrogen) atoms. The predicted octanol–water partition coefficient (Wildman–Crippen LogP) is 4.72. The van der Waals surface area contributed by atoms with Crippen molar-refractivity contribution in [3.8, 4) is 10.4 Å². The second-order valence-electron chi connectivity index (χ2n) is 7.07. The van der Waals surface area contributed by atoms with E-state index >= 15 is 0 Å². The Hall–Kier alpha value is -2.34. The SMILES string of the molecule is CCC(Nc1cc(C(F)F)c(-c2sc(C(=O)NC3CCOC3)nc2C)cn1)C(F)(F)F. The molecule has 0 bridgehead atoms. The van der Waals surface area contributed by atoms with Crippen LogP contribution in [0.15, 0.2) is 12.3 Å². The van der Waals surface area contributed by atoms with Gasteiger partial charge in [-0.3, -0.25) is 4.79 Å². The van der Waals surface area contributed by atoms with Gasteiger partial charge in [0, 0.05) is 23.9 Å². The van der Waals surface area contributed by atoms with Gasteiger partial charge in [0.15, 0.2) is 5.01 Å². The smallest absolute Gasteiger partial charge is 0.379 e. The maximum absolute atomic E-state index is 13.7. The number of amides is 1. The molecular weight excluding hydrogens is 443 g/mol. The predicted molar refractivity (Wildman–Crippen MR) is 105 cm³/mol. The summed E-state index contributed by atoms with van der Waals surface area (Å²) in [6.07, 6.45) is -6.02. The van der Waals surface area contributed by atoms with Crippen molar-refractivity contribution in [1.82, 2.24) is 15.3 Å². The van der Waals surface area contributed by atoms with Gasteiger partial charge in [-0.25, -0.2) is 18.7 Å². The van der Waals surface area contributed by atoms with Crippen LogP contribution in [0.2, 0.25) is 0 Å². The summed E-state index contributed by atoms with van der Waals surface area (Å²) in [6, 6.07) is -1.14. The summed E-state index contributed by atoms with van der Waals surface area (Å²) >= 11 is 0.926. The number of nitrogens with one attached hydrogen (secondary N) is 2. The highest BCUT2D eigenvalue weighted by molar-refractivity contribution is 7.17. The topological polar surface area (TPSA) is 76.1 Å². The number of pyridine rings is 1. The number of hydrogen-bond donors (Lipinski definition) is 2. The molecule has 2 unspecified atom stereocenters. The Balaban J connectivity index is 1.88. The van der Waals surface area contributed by atoms with E-state index in [1.165, 1.54) is 6.92 Å². The molecule has 0 spiro atoms. The van der Waals surface area contributed by atoms with E-state index < -0.39 is 30.1 Å². The van der Waals surface area contributed by atoms with E-state index in [1.54, 1.807) is 6.92 Å². The van der Waals surface area contributed by atoms with E-state index in [0.717, 1.165) is 23.6 Å². The summed E-state index contributed by atoms with van der Waals surface area (Å²) in [5.41, 5.74) is -0.111. The van der Waals surface area contributed by atoms with E-state index in [4.69, 9.17) is 4.74 Å². The van der Waals surface area contributed by atoms with Gasteiger partial charge in [0.05, 0.1) is 23.2 Å². The van der Waals surface area contributed by atoms with Gasteiger partial charge in [0.2, 0.25) is 0 Å². The van der Waals surface area contributed by atoms with Crippen molar-refractivity contribution in [2.75, 3.05) is 18.5 Å². The summed E-state index contributed by atoms with van der Waals surface area (Å²) < 4.78 is 71.6. The molecule has 0 aliphatic carbocycles. The fourth-order valence-corrected chi connectivity index (χ4v) is 4.15. The molecule has 6 nitrogen and oxygen atoms in total. The minimum atomic E-state index is -4.54. The first-order valence-corrected chi connectivity index (χ1v) is 10.4. The highest BCUT2D eigenvalue weighted by atomic mass is 32.1. The van der Waals surface area contributed by atoms with E-state index in [1.807, 2.05) is 0 Å². The Morgan fingerprint density at radius 1 is 1.39 bits per heavy atom. The Kier molecular flexibility index (Phi) is 7.10. The highest BCUT2D eigenvalue weighted by Crippen LogP contribution is 2.38. The minimum Gasteiger partial charge on any atom is -0.379 e. The lowest BCUT2D eigenvalue weighted by Gasteiger charge is -2.21. The zero-order valence-electron chi connectivity index (χ0n) is 16.7. The number of carbonyl (C=O) groups is 1. The summed E-state index contributed by atoms with van der Waals surface area (Å²) in [7, 11) is 0. The molecule has 0 aromatic carbocycles. The standard InChI is InChI=1S/C19H21F5N4O2S/c1-3-13(19(22,23)24)28-14-6-11(16(20)21)12(7-25-14)15-9(2)26-18(31-15)17(29)27-10-4-5-30-8-10/h6-7,10,13,16H,3-5,8H2,1-2H3,(H,25,28)(H,27,29). The normalized spacial score (nSPS) is 17.7. The lowest BCUT2D eigenvalue weighted by molar-refractivity contribution is -0.142. The summed E-state index contributed by atoms with van der Waals surface area (Å²) in [5, 5.41) is 5.04. The first kappa shape index (κ1) is 23.3. The largest absolute Gasteiger partial charge is 0.408 e. The third-order valence-electron chi connectivity index (χ3n) is 4.80. The summed E-state index contributed by atoms with van der Waals surface area (Å²) in [6.45, 7) is 3.84. The average molecular weight is 464 g/mol.